The van der Waals surface area contributed by atoms with Crippen LogP contribution in [0.4, 0.5) is 0 Å². The quantitative estimate of drug-likeness (QED) is 0.856. The lowest BCUT2D eigenvalue weighted by molar-refractivity contribution is -0.128. The number of nitrogens with zero attached hydrogens (tertiary/aromatic N) is 3. The molecule has 1 aliphatic rings. The maximum atomic E-state index is 12.5. The van der Waals surface area contributed by atoms with Gasteiger partial charge in [-0.3, -0.25) is 19.6 Å². The fraction of sp³-hybridized carbons (Fsp3) is 0.353. The molecule has 24 heavy (non-hydrogen) atoms. The van der Waals surface area contributed by atoms with Crippen LogP contribution in [0.15, 0.2) is 42.6 Å². The summed E-state index contributed by atoms with van der Waals surface area (Å²) < 4.78 is 0. The average molecular weight is 327 g/mol. The van der Waals surface area contributed by atoms with Gasteiger partial charge < -0.3 is 10.2 Å². The molecule has 1 saturated heterocycles. The molecule has 1 fully saturated rings. The molecule has 1 aromatic carbocycles. The highest BCUT2D eigenvalue weighted by Crippen LogP contribution is 2.16. The van der Waals surface area contributed by atoms with Crippen molar-refractivity contribution < 1.29 is 9.59 Å². The molecule has 2 amide bonds. The third-order valence-corrected chi connectivity index (χ3v) is 4.29. The first-order valence-corrected chi connectivity index (χ1v) is 7.97. The van der Waals surface area contributed by atoms with Gasteiger partial charge in [0.1, 0.15) is 11.7 Å². The summed E-state index contributed by atoms with van der Waals surface area (Å²) in [6.45, 7) is 2.28. The molecule has 0 unspecified atom stereocenters. The van der Waals surface area contributed by atoms with E-state index in [2.05, 4.69) is 20.4 Å². The number of nitrogens with one attached hydrogen (secondary N) is 2. The lowest BCUT2D eigenvalue weighted by atomic mass is 10.1. The van der Waals surface area contributed by atoms with Crippen molar-refractivity contribution in [1.82, 2.24) is 25.3 Å². The molecule has 0 saturated carbocycles. The van der Waals surface area contributed by atoms with Crippen LogP contribution in [-0.4, -0.2) is 64.5 Å². The van der Waals surface area contributed by atoms with Gasteiger partial charge in [-0.05, 0) is 11.6 Å². The minimum Gasteiger partial charge on any atom is -0.358 e. The zero-order chi connectivity index (χ0) is 16.9. The van der Waals surface area contributed by atoms with Gasteiger partial charge in [-0.2, -0.15) is 5.10 Å². The van der Waals surface area contributed by atoms with Crippen LogP contribution in [0.3, 0.4) is 0 Å². The van der Waals surface area contributed by atoms with Crippen molar-refractivity contribution in [2.24, 2.45) is 0 Å². The van der Waals surface area contributed by atoms with Crippen molar-refractivity contribution in [1.29, 1.82) is 0 Å². The number of aromatic amines is 1. The number of hydrogen-bond donors (Lipinski definition) is 2. The molecule has 1 aliphatic heterocycles. The van der Waals surface area contributed by atoms with Crippen LogP contribution in [0.1, 0.15) is 16.1 Å². The number of benzene rings is 1. The Kier molecular flexibility index (Phi) is 4.90. The maximum Gasteiger partial charge on any atom is 0.271 e. The highest BCUT2D eigenvalue weighted by atomic mass is 16.2. The fourth-order valence-electron chi connectivity index (χ4n) is 2.97. The molecule has 0 aliphatic carbocycles. The lowest BCUT2D eigenvalue weighted by Crippen LogP contribution is -2.59. The average Bonchev–Trinajstić information content (AvgIpc) is 3.16. The molecule has 0 spiro atoms. The van der Waals surface area contributed by atoms with E-state index in [1.165, 1.54) is 0 Å². The Balaban J connectivity index is 1.73. The van der Waals surface area contributed by atoms with Crippen LogP contribution in [-0.2, 0) is 11.3 Å². The van der Waals surface area contributed by atoms with Crippen molar-refractivity contribution in [2.75, 3.05) is 26.7 Å². The standard InChI is InChI=1S/C17H21N5O2/c1-18-16(23)15-12-22(17(24)14-7-8-19-20-14)10-9-21(15)11-13-5-3-2-4-6-13/h2-8,15H,9-12H2,1H3,(H,18,23)(H,19,20)/t15-/m0/s1. The zero-order valence-corrected chi connectivity index (χ0v) is 13.6. The largest absolute Gasteiger partial charge is 0.358 e. The van der Waals surface area contributed by atoms with Crippen LogP contribution in [0.25, 0.3) is 0 Å². The molecule has 1 aromatic heterocycles. The molecular formula is C17H21N5O2. The Labute approximate surface area is 140 Å². The summed E-state index contributed by atoms with van der Waals surface area (Å²) in [6, 6.07) is 11.3. The van der Waals surface area contributed by atoms with Crippen molar-refractivity contribution in [3.63, 3.8) is 0 Å². The molecule has 0 bridgehead atoms. The minimum atomic E-state index is -0.365. The summed E-state index contributed by atoms with van der Waals surface area (Å²) in [4.78, 5) is 28.6. The van der Waals surface area contributed by atoms with E-state index in [4.69, 9.17) is 0 Å². The van der Waals surface area contributed by atoms with E-state index in [1.54, 1.807) is 24.2 Å². The molecule has 1 atom stereocenters. The van der Waals surface area contributed by atoms with E-state index in [9.17, 15) is 9.59 Å². The van der Waals surface area contributed by atoms with E-state index < -0.39 is 0 Å². The third-order valence-electron chi connectivity index (χ3n) is 4.29. The van der Waals surface area contributed by atoms with Gasteiger partial charge in [0.2, 0.25) is 5.91 Å². The van der Waals surface area contributed by atoms with Gasteiger partial charge in [-0.1, -0.05) is 30.3 Å². The fourth-order valence-corrected chi connectivity index (χ4v) is 2.97. The van der Waals surface area contributed by atoms with Crippen molar-refractivity contribution in [3.8, 4) is 0 Å². The SMILES string of the molecule is CNC(=O)[C@@H]1CN(C(=O)c2ccn[nH]2)CCN1Cc1ccccc1. The van der Waals surface area contributed by atoms with Crippen LogP contribution < -0.4 is 5.32 Å². The lowest BCUT2D eigenvalue weighted by Gasteiger charge is -2.40. The Morgan fingerprint density at radius 3 is 2.71 bits per heavy atom. The first kappa shape index (κ1) is 16.2. The van der Waals surface area contributed by atoms with Crippen molar-refractivity contribution >= 4 is 11.8 Å². The van der Waals surface area contributed by atoms with Crippen LogP contribution >= 0.6 is 0 Å². The molecule has 2 heterocycles. The number of piperazine rings is 1. The highest BCUT2D eigenvalue weighted by molar-refractivity contribution is 5.93. The monoisotopic (exact) mass is 327 g/mol. The van der Waals surface area contributed by atoms with Gasteiger partial charge in [0, 0.05) is 39.4 Å². The van der Waals surface area contributed by atoms with Gasteiger partial charge in [0.05, 0.1) is 0 Å². The summed E-state index contributed by atoms with van der Waals surface area (Å²) in [5.41, 5.74) is 1.60. The molecule has 0 radical (unpaired) electrons. The molecule has 2 N–H and O–H groups in total. The Hall–Kier alpha value is -2.67. The van der Waals surface area contributed by atoms with Gasteiger partial charge in [0.15, 0.2) is 0 Å². The summed E-state index contributed by atoms with van der Waals surface area (Å²) in [6.07, 6.45) is 1.55. The highest BCUT2D eigenvalue weighted by Gasteiger charge is 2.34. The molecular weight excluding hydrogens is 306 g/mol. The number of hydrogen-bond acceptors (Lipinski definition) is 4. The molecule has 3 rings (SSSR count). The molecule has 2 aromatic rings. The second kappa shape index (κ2) is 7.27. The second-order valence-electron chi connectivity index (χ2n) is 5.81. The normalized spacial score (nSPS) is 18.4. The number of likely N-dealkylation sites (N-methyl/N-ethyl adjacent to an activating group) is 1. The van der Waals surface area contributed by atoms with E-state index in [-0.39, 0.29) is 17.9 Å². The first-order valence-electron chi connectivity index (χ1n) is 7.97. The molecule has 7 nitrogen and oxygen atoms in total. The topological polar surface area (TPSA) is 81.3 Å². The number of carbonyl (C=O) groups excluding carboxylic acids is 2. The Bertz CT molecular complexity index is 686. The Morgan fingerprint density at radius 1 is 1.25 bits per heavy atom. The van der Waals surface area contributed by atoms with Gasteiger partial charge >= 0.3 is 0 Å². The van der Waals surface area contributed by atoms with Crippen LogP contribution in [0, 0.1) is 0 Å². The summed E-state index contributed by atoms with van der Waals surface area (Å²) >= 11 is 0. The third kappa shape index (κ3) is 3.46. The van der Waals surface area contributed by atoms with E-state index in [1.807, 2.05) is 30.3 Å². The second-order valence-corrected chi connectivity index (χ2v) is 5.81. The van der Waals surface area contributed by atoms with E-state index >= 15 is 0 Å². The Morgan fingerprint density at radius 2 is 2.04 bits per heavy atom. The molecule has 126 valence electrons. The summed E-state index contributed by atoms with van der Waals surface area (Å²) in [5, 5.41) is 9.21. The van der Waals surface area contributed by atoms with Crippen molar-refractivity contribution in [2.45, 2.75) is 12.6 Å². The van der Waals surface area contributed by atoms with Gasteiger partial charge in [-0.25, -0.2) is 0 Å². The number of amides is 2. The van der Waals surface area contributed by atoms with Gasteiger partial charge in [0.25, 0.3) is 5.91 Å². The number of rotatable bonds is 4. The van der Waals surface area contributed by atoms with Crippen LogP contribution in [0.5, 0.6) is 0 Å². The predicted octanol–water partition coefficient (Wildman–Crippen LogP) is 0.482. The minimum absolute atomic E-state index is 0.0759. The smallest absolute Gasteiger partial charge is 0.271 e. The number of H-pyrrole nitrogens is 1. The van der Waals surface area contributed by atoms with Gasteiger partial charge in [-0.15, -0.1) is 0 Å². The van der Waals surface area contributed by atoms with E-state index in [0.717, 1.165) is 5.56 Å². The van der Waals surface area contributed by atoms with Crippen molar-refractivity contribution in [3.05, 3.63) is 53.9 Å². The van der Waals surface area contributed by atoms with E-state index in [0.29, 0.717) is 31.9 Å². The first-order chi connectivity index (χ1) is 11.7. The van der Waals surface area contributed by atoms with Crippen LogP contribution in [0.2, 0.25) is 0 Å². The summed E-state index contributed by atoms with van der Waals surface area (Å²) in [7, 11) is 1.62. The number of aromatic nitrogens is 2. The summed E-state index contributed by atoms with van der Waals surface area (Å²) in [5.74, 6) is -0.200. The molecule has 7 heteroatoms. The predicted molar refractivity (Wildman–Crippen MR) is 89.2 cm³/mol. The maximum absolute atomic E-state index is 12.5. The zero-order valence-electron chi connectivity index (χ0n) is 13.6. The number of carbonyl (C=O) groups is 2.